The Kier molecular flexibility index (Phi) is 3.51. The third-order valence-corrected chi connectivity index (χ3v) is 3.71. The van der Waals surface area contributed by atoms with Crippen LogP contribution in [0, 0.1) is 0 Å². The summed E-state index contributed by atoms with van der Waals surface area (Å²) in [7, 11) is 0. The van der Waals surface area contributed by atoms with E-state index >= 15 is 0 Å². The first-order valence-corrected chi connectivity index (χ1v) is 7.03. The third-order valence-electron chi connectivity index (χ3n) is 3.71. The van der Waals surface area contributed by atoms with E-state index in [0.717, 1.165) is 26.1 Å². The Morgan fingerprint density at radius 1 is 1.05 bits per heavy atom. The molecular weight excluding hydrogens is 232 g/mol. The Balaban J connectivity index is 1.80. The SMILES string of the molecule is CCNCc1ccc(N2CCc3ccccc32)cc1. The molecule has 0 radical (unpaired) electrons. The smallest absolute Gasteiger partial charge is 0.0444 e. The molecule has 98 valence electrons. The molecule has 2 aromatic rings. The van der Waals surface area contributed by atoms with Crippen molar-refractivity contribution >= 4 is 11.4 Å². The molecule has 3 rings (SSSR count). The lowest BCUT2D eigenvalue weighted by Gasteiger charge is -2.19. The van der Waals surface area contributed by atoms with E-state index in [-0.39, 0.29) is 0 Å². The van der Waals surface area contributed by atoms with Gasteiger partial charge in [-0.1, -0.05) is 37.3 Å². The first-order chi connectivity index (χ1) is 9.38. The highest BCUT2D eigenvalue weighted by Crippen LogP contribution is 2.34. The molecule has 0 spiro atoms. The molecule has 0 amide bonds. The summed E-state index contributed by atoms with van der Waals surface area (Å²) < 4.78 is 0. The van der Waals surface area contributed by atoms with Gasteiger partial charge in [0.2, 0.25) is 0 Å². The maximum absolute atomic E-state index is 3.36. The highest BCUT2D eigenvalue weighted by atomic mass is 15.2. The molecule has 0 fully saturated rings. The van der Waals surface area contributed by atoms with Crippen LogP contribution in [-0.4, -0.2) is 13.1 Å². The van der Waals surface area contributed by atoms with Crippen molar-refractivity contribution in [2.45, 2.75) is 19.9 Å². The van der Waals surface area contributed by atoms with Crippen molar-refractivity contribution in [2.75, 3.05) is 18.0 Å². The lowest BCUT2D eigenvalue weighted by Crippen LogP contribution is -2.14. The average molecular weight is 252 g/mol. The zero-order chi connectivity index (χ0) is 13.1. The minimum absolute atomic E-state index is 0.952. The molecule has 1 aliphatic rings. The summed E-state index contributed by atoms with van der Waals surface area (Å²) in [6.07, 6.45) is 1.15. The van der Waals surface area contributed by atoms with Gasteiger partial charge in [0.25, 0.3) is 0 Å². The molecule has 1 aliphatic heterocycles. The van der Waals surface area contributed by atoms with Crippen LogP contribution in [0.4, 0.5) is 11.4 Å². The molecule has 2 heteroatoms. The van der Waals surface area contributed by atoms with Crippen LogP contribution < -0.4 is 10.2 Å². The summed E-state index contributed by atoms with van der Waals surface area (Å²) in [5, 5.41) is 3.36. The topological polar surface area (TPSA) is 15.3 Å². The fourth-order valence-corrected chi connectivity index (χ4v) is 2.67. The Morgan fingerprint density at radius 2 is 1.84 bits per heavy atom. The summed E-state index contributed by atoms with van der Waals surface area (Å²) in [5.74, 6) is 0. The molecule has 0 atom stereocenters. The van der Waals surface area contributed by atoms with E-state index in [1.54, 1.807) is 0 Å². The van der Waals surface area contributed by atoms with E-state index in [9.17, 15) is 0 Å². The molecular formula is C17H20N2. The number of anilines is 2. The van der Waals surface area contributed by atoms with Crippen molar-refractivity contribution in [1.82, 2.24) is 5.32 Å². The first-order valence-electron chi connectivity index (χ1n) is 7.03. The molecule has 0 saturated carbocycles. The van der Waals surface area contributed by atoms with Crippen LogP contribution in [0.15, 0.2) is 48.5 Å². The zero-order valence-electron chi connectivity index (χ0n) is 11.4. The molecule has 0 aliphatic carbocycles. The molecule has 2 nitrogen and oxygen atoms in total. The Hall–Kier alpha value is -1.80. The molecule has 1 heterocycles. The number of para-hydroxylation sites is 1. The lowest BCUT2D eigenvalue weighted by molar-refractivity contribution is 0.727. The molecule has 0 saturated heterocycles. The fourth-order valence-electron chi connectivity index (χ4n) is 2.67. The molecule has 19 heavy (non-hydrogen) atoms. The Bertz CT molecular complexity index is 545. The summed E-state index contributed by atoms with van der Waals surface area (Å²) in [4.78, 5) is 2.41. The predicted octanol–water partition coefficient (Wildman–Crippen LogP) is 3.49. The minimum Gasteiger partial charge on any atom is -0.341 e. The minimum atomic E-state index is 0.952. The van der Waals surface area contributed by atoms with Crippen molar-refractivity contribution in [2.24, 2.45) is 0 Å². The predicted molar refractivity (Wildman–Crippen MR) is 81.0 cm³/mol. The number of hydrogen-bond acceptors (Lipinski definition) is 2. The fraction of sp³-hybridized carbons (Fsp3) is 0.294. The van der Waals surface area contributed by atoms with Crippen LogP contribution in [0.25, 0.3) is 0 Å². The second-order valence-corrected chi connectivity index (χ2v) is 4.98. The van der Waals surface area contributed by atoms with Gasteiger partial charge in [0, 0.05) is 24.5 Å². The monoisotopic (exact) mass is 252 g/mol. The van der Waals surface area contributed by atoms with Gasteiger partial charge >= 0.3 is 0 Å². The summed E-state index contributed by atoms with van der Waals surface area (Å²) in [5.41, 5.74) is 5.46. The molecule has 0 unspecified atom stereocenters. The average Bonchev–Trinajstić information content (AvgIpc) is 2.90. The van der Waals surface area contributed by atoms with Gasteiger partial charge in [-0.05, 0) is 42.3 Å². The van der Waals surface area contributed by atoms with Gasteiger partial charge in [0.15, 0.2) is 0 Å². The maximum Gasteiger partial charge on any atom is 0.0444 e. The number of fused-ring (bicyclic) bond motifs is 1. The second kappa shape index (κ2) is 5.45. The quantitative estimate of drug-likeness (QED) is 0.896. The Labute approximate surface area is 115 Å². The summed E-state index contributed by atoms with van der Waals surface area (Å²) >= 11 is 0. The van der Waals surface area contributed by atoms with Crippen LogP contribution in [0.5, 0.6) is 0 Å². The van der Waals surface area contributed by atoms with E-state index in [0.29, 0.717) is 0 Å². The molecule has 0 aromatic heterocycles. The van der Waals surface area contributed by atoms with E-state index in [1.165, 1.54) is 22.5 Å². The van der Waals surface area contributed by atoms with E-state index in [4.69, 9.17) is 0 Å². The van der Waals surface area contributed by atoms with Crippen molar-refractivity contribution in [3.8, 4) is 0 Å². The van der Waals surface area contributed by atoms with Crippen molar-refractivity contribution < 1.29 is 0 Å². The standard InChI is InChI=1S/C17H20N2/c1-2-18-13-14-7-9-16(10-8-14)19-12-11-15-5-3-4-6-17(15)19/h3-10,18H,2,11-13H2,1H3. The van der Waals surface area contributed by atoms with Gasteiger partial charge < -0.3 is 10.2 Å². The van der Waals surface area contributed by atoms with E-state index in [2.05, 4.69) is 65.7 Å². The van der Waals surface area contributed by atoms with Crippen LogP contribution in [-0.2, 0) is 13.0 Å². The van der Waals surface area contributed by atoms with Crippen molar-refractivity contribution in [3.05, 3.63) is 59.7 Å². The number of nitrogens with one attached hydrogen (secondary N) is 1. The number of hydrogen-bond donors (Lipinski definition) is 1. The largest absolute Gasteiger partial charge is 0.341 e. The Morgan fingerprint density at radius 3 is 2.63 bits per heavy atom. The van der Waals surface area contributed by atoms with Crippen LogP contribution in [0.3, 0.4) is 0 Å². The number of benzene rings is 2. The van der Waals surface area contributed by atoms with Gasteiger partial charge in [-0.15, -0.1) is 0 Å². The highest BCUT2D eigenvalue weighted by molar-refractivity contribution is 5.69. The van der Waals surface area contributed by atoms with Gasteiger partial charge in [-0.3, -0.25) is 0 Å². The third kappa shape index (κ3) is 2.49. The first kappa shape index (κ1) is 12.2. The number of rotatable bonds is 4. The summed E-state index contributed by atoms with van der Waals surface area (Å²) in [6.45, 7) is 5.19. The molecule has 0 bridgehead atoms. The summed E-state index contributed by atoms with van der Waals surface area (Å²) in [6, 6.07) is 17.6. The van der Waals surface area contributed by atoms with Crippen molar-refractivity contribution in [3.63, 3.8) is 0 Å². The van der Waals surface area contributed by atoms with Crippen LogP contribution >= 0.6 is 0 Å². The highest BCUT2D eigenvalue weighted by Gasteiger charge is 2.19. The van der Waals surface area contributed by atoms with E-state index < -0.39 is 0 Å². The molecule has 2 aromatic carbocycles. The zero-order valence-corrected chi connectivity index (χ0v) is 11.4. The maximum atomic E-state index is 3.36. The van der Waals surface area contributed by atoms with Crippen LogP contribution in [0.2, 0.25) is 0 Å². The normalized spacial score (nSPS) is 13.6. The van der Waals surface area contributed by atoms with Crippen LogP contribution in [0.1, 0.15) is 18.1 Å². The van der Waals surface area contributed by atoms with E-state index in [1.807, 2.05) is 0 Å². The number of nitrogens with zero attached hydrogens (tertiary/aromatic N) is 1. The van der Waals surface area contributed by atoms with Gasteiger partial charge in [-0.25, -0.2) is 0 Å². The van der Waals surface area contributed by atoms with Crippen molar-refractivity contribution in [1.29, 1.82) is 0 Å². The van der Waals surface area contributed by atoms with Gasteiger partial charge in [0.1, 0.15) is 0 Å². The second-order valence-electron chi connectivity index (χ2n) is 4.98. The van der Waals surface area contributed by atoms with Gasteiger partial charge in [-0.2, -0.15) is 0 Å². The lowest BCUT2D eigenvalue weighted by atomic mass is 10.1. The van der Waals surface area contributed by atoms with Gasteiger partial charge in [0.05, 0.1) is 0 Å². The molecule has 1 N–H and O–H groups in total.